The molecule has 0 atom stereocenters. The first kappa shape index (κ1) is 54.3. The zero-order valence-corrected chi connectivity index (χ0v) is 39.9. The third-order valence-electron chi connectivity index (χ3n) is 9.38. The van der Waals surface area contributed by atoms with E-state index in [1.54, 1.807) is 0 Å². The van der Waals surface area contributed by atoms with Gasteiger partial charge in [-0.25, -0.2) is 19.6 Å². The molecular weight excluding hydrogens is 1040 g/mol. The molecule has 3 heterocycles. The van der Waals surface area contributed by atoms with Gasteiger partial charge in [-0.05, 0) is 105 Å². The molecule has 5 aromatic carbocycles. The Morgan fingerprint density at radius 1 is 0.800 bits per heavy atom. The minimum Gasteiger partial charge on any atom is -0.507 e. The van der Waals surface area contributed by atoms with E-state index in [1.807, 2.05) is 0 Å². The third-order valence-corrected chi connectivity index (χ3v) is 11.9. The highest BCUT2D eigenvalue weighted by atomic mass is 35.5. The number of nitrogens with one attached hydrogen (secondary N) is 1. The molecular formula is C44H33Cl3F6N6O9S2. The molecule has 8 rings (SSSR count). The Kier molecular flexibility index (Phi) is 18.1. The van der Waals surface area contributed by atoms with Crippen LogP contribution in [0.1, 0.15) is 42.3 Å². The number of hydrogen-bond donors (Lipinski definition) is 2. The van der Waals surface area contributed by atoms with Crippen molar-refractivity contribution in [3.05, 3.63) is 155 Å². The van der Waals surface area contributed by atoms with Crippen LogP contribution in [0.4, 0.5) is 42.0 Å². The van der Waals surface area contributed by atoms with Crippen LogP contribution in [0.15, 0.2) is 111 Å². The van der Waals surface area contributed by atoms with Crippen molar-refractivity contribution in [3.63, 3.8) is 0 Å². The molecule has 0 unspecified atom stereocenters. The average Bonchev–Trinajstić information content (AvgIpc) is 3.91. The van der Waals surface area contributed by atoms with Crippen molar-refractivity contribution in [2.45, 2.75) is 33.1 Å². The number of rotatable bonds is 8. The van der Waals surface area contributed by atoms with Gasteiger partial charge in [0.2, 0.25) is 5.13 Å². The lowest BCUT2D eigenvalue weighted by atomic mass is 10.2. The second-order valence-electron chi connectivity index (χ2n) is 13.9. The molecule has 0 aliphatic rings. The van der Waals surface area contributed by atoms with Crippen molar-refractivity contribution in [2.75, 3.05) is 25.0 Å². The lowest BCUT2D eigenvalue weighted by molar-refractivity contribution is -0.384. The summed E-state index contributed by atoms with van der Waals surface area (Å²) in [4.78, 5) is 67.4. The van der Waals surface area contributed by atoms with Crippen LogP contribution in [0.2, 0.25) is 10.0 Å². The number of alkyl halides is 6. The highest BCUT2D eigenvalue weighted by Crippen LogP contribution is 2.36. The maximum absolute atomic E-state index is 12.8. The number of hydrogen-bond acceptors (Lipinski definition) is 14. The zero-order valence-electron chi connectivity index (χ0n) is 36.0. The number of nitro benzene ring substituents is 1. The number of carbonyl (C=O) groups excluding carboxylic acids is 2. The van der Waals surface area contributed by atoms with Crippen LogP contribution in [0, 0.1) is 10.1 Å². The van der Waals surface area contributed by atoms with E-state index in [9.17, 15) is 60.7 Å². The van der Waals surface area contributed by atoms with Gasteiger partial charge in [0, 0.05) is 33.8 Å². The molecule has 0 saturated heterocycles. The van der Waals surface area contributed by atoms with Crippen LogP contribution < -0.4 is 21.4 Å². The SMILES string of the molecule is CCN(CC)CC.O=C(Cl)Oc1ccc([N+](=O)[O-])cc1.O=C(Nc1nc2ccc(C(F)(F)F)cc2s1)c1cc(Cl)ccc1O.O=c1oc2ccc(Cl)cc2c(=O)n1-c1nc2ccc(C(F)(F)F)cc2s1. The van der Waals surface area contributed by atoms with E-state index in [2.05, 4.69) is 45.7 Å². The molecule has 0 aliphatic heterocycles. The minimum atomic E-state index is -4.51. The molecule has 8 aromatic rings. The van der Waals surface area contributed by atoms with Crippen LogP contribution >= 0.6 is 57.5 Å². The number of halogens is 9. The molecule has 0 saturated carbocycles. The van der Waals surface area contributed by atoms with Crippen LogP contribution in [-0.4, -0.2) is 60.4 Å². The molecule has 0 radical (unpaired) electrons. The summed E-state index contributed by atoms with van der Waals surface area (Å²) >= 11 is 18.2. The first-order valence-electron chi connectivity index (χ1n) is 19.9. The monoisotopic (exact) mass is 1070 g/mol. The van der Waals surface area contributed by atoms with Gasteiger partial charge in [-0.15, -0.1) is 0 Å². The molecule has 15 nitrogen and oxygen atoms in total. The Hall–Kier alpha value is -6.63. The van der Waals surface area contributed by atoms with E-state index in [4.69, 9.17) is 39.2 Å². The van der Waals surface area contributed by atoms with Gasteiger partial charge in [-0.3, -0.25) is 25.0 Å². The van der Waals surface area contributed by atoms with Gasteiger partial charge in [-0.2, -0.15) is 30.9 Å². The molecule has 0 spiro atoms. The van der Waals surface area contributed by atoms with Crippen LogP contribution in [0.3, 0.4) is 0 Å². The Labute approximate surface area is 413 Å². The number of anilines is 1. The second kappa shape index (κ2) is 23.3. The van der Waals surface area contributed by atoms with Gasteiger partial charge < -0.3 is 19.2 Å². The smallest absolute Gasteiger partial charge is 0.428 e. The summed E-state index contributed by atoms with van der Waals surface area (Å²) in [7, 11) is 0. The number of ether oxygens (including phenoxy) is 1. The fourth-order valence-electron chi connectivity index (χ4n) is 5.86. The van der Waals surface area contributed by atoms with Crippen molar-refractivity contribution in [3.8, 4) is 16.6 Å². The van der Waals surface area contributed by atoms with Gasteiger partial charge in [0.25, 0.3) is 17.2 Å². The van der Waals surface area contributed by atoms with Crippen molar-refractivity contribution in [1.29, 1.82) is 0 Å². The molecule has 1 amide bonds. The van der Waals surface area contributed by atoms with Crippen molar-refractivity contribution >= 4 is 111 Å². The number of aromatic hydroxyl groups is 1. The summed E-state index contributed by atoms with van der Waals surface area (Å²) < 4.78 is 87.3. The van der Waals surface area contributed by atoms with Crippen LogP contribution in [-0.2, 0) is 12.4 Å². The minimum absolute atomic E-state index is 0.0566. The Morgan fingerprint density at radius 2 is 1.34 bits per heavy atom. The standard InChI is InChI=1S/C16H6ClF3N2O3S.C15H8ClF3N2O2S.C7H4ClNO4.C6H15N/c17-8-2-4-11-9(6-8)13(23)22(15(24)25-11)14-21-10-3-1-7(16(18,19)20)5-12(10)26-14;16-8-2-4-11(22)9(6-8)13(23)21-14-20-10-3-1-7(15(17,18)19)5-12(10)24-14;8-7(10)13-6-3-1-5(2-4-6)9(11)12;1-4-7(5-2)6-3/h1-6H;1-6,22H,(H,20,21,23);1-4H;4-6H2,1-3H3. The summed E-state index contributed by atoms with van der Waals surface area (Å²) in [6.07, 6.45) is -8.96. The normalized spacial score (nSPS) is 11.3. The molecule has 0 fully saturated rings. The van der Waals surface area contributed by atoms with Gasteiger partial charge in [0.05, 0.1) is 47.4 Å². The number of phenols is 1. The fraction of sp³-hybridized carbons (Fsp3) is 0.182. The highest BCUT2D eigenvalue weighted by Gasteiger charge is 2.32. The lowest BCUT2D eigenvalue weighted by Gasteiger charge is -2.13. The van der Waals surface area contributed by atoms with Crippen molar-refractivity contribution in [1.82, 2.24) is 19.4 Å². The van der Waals surface area contributed by atoms with Gasteiger partial charge in [-0.1, -0.05) is 66.6 Å². The van der Waals surface area contributed by atoms with E-state index < -0.39 is 51.1 Å². The van der Waals surface area contributed by atoms with E-state index >= 15 is 0 Å². The maximum Gasteiger partial charge on any atom is 0.428 e. The summed E-state index contributed by atoms with van der Waals surface area (Å²) in [5.74, 6) is -1.74. The van der Waals surface area contributed by atoms with Gasteiger partial charge in [0.15, 0.2) is 5.13 Å². The number of non-ortho nitro benzene ring substituents is 1. The molecule has 0 bridgehead atoms. The van der Waals surface area contributed by atoms with Crippen LogP contribution in [0.25, 0.3) is 36.5 Å². The van der Waals surface area contributed by atoms with E-state index in [0.717, 1.165) is 46.9 Å². The number of nitro groups is 1. The van der Waals surface area contributed by atoms with E-state index in [-0.39, 0.29) is 68.9 Å². The van der Waals surface area contributed by atoms with Crippen molar-refractivity contribution < 1.29 is 55.1 Å². The quantitative estimate of drug-likeness (QED) is 0.0632. The average molecular weight is 1070 g/mol. The third kappa shape index (κ3) is 14.2. The number of aromatic nitrogens is 3. The Bertz CT molecular complexity index is 3300. The van der Waals surface area contributed by atoms with E-state index in [1.165, 1.54) is 92.4 Å². The Balaban J connectivity index is 0.000000191. The molecule has 2 N–H and O–H groups in total. The number of amides is 1. The Morgan fingerprint density at radius 3 is 1.87 bits per heavy atom. The number of benzene rings is 5. The summed E-state index contributed by atoms with van der Waals surface area (Å²) in [5, 5.41) is 23.0. The van der Waals surface area contributed by atoms with Crippen molar-refractivity contribution in [2.24, 2.45) is 0 Å². The maximum atomic E-state index is 12.8. The lowest BCUT2D eigenvalue weighted by Crippen LogP contribution is -2.30. The largest absolute Gasteiger partial charge is 0.507 e. The molecule has 26 heteroatoms. The topological polar surface area (TPSA) is 200 Å². The predicted molar refractivity (Wildman–Crippen MR) is 255 cm³/mol. The molecule has 3 aromatic heterocycles. The number of phenolic OH excluding ortho intramolecular Hbond substituents is 1. The van der Waals surface area contributed by atoms with Gasteiger partial charge in [0.1, 0.15) is 17.1 Å². The molecule has 0 aliphatic carbocycles. The van der Waals surface area contributed by atoms with E-state index in [0.29, 0.717) is 10.1 Å². The first-order valence-corrected chi connectivity index (χ1v) is 22.6. The summed E-state index contributed by atoms with van der Waals surface area (Å²) in [6.45, 7) is 10.1. The number of thiazole rings is 2. The highest BCUT2D eigenvalue weighted by molar-refractivity contribution is 7.22. The number of carbonyl (C=O) groups is 2. The number of nitrogens with zero attached hydrogens (tertiary/aromatic N) is 5. The number of fused-ring (bicyclic) bond motifs is 3. The van der Waals surface area contributed by atoms with Gasteiger partial charge >= 0.3 is 23.5 Å². The summed E-state index contributed by atoms with van der Waals surface area (Å²) in [6, 6.07) is 19.3. The zero-order chi connectivity index (χ0) is 51.7. The summed E-state index contributed by atoms with van der Waals surface area (Å²) in [5.41, 5.74) is -2.83. The second-order valence-corrected chi connectivity index (χ2v) is 17.1. The molecule has 70 heavy (non-hydrogen) atoms. The first-order chi connectivity index (χ1) is 32.9. The fourth-order valence-corrected chi connectivity index (χ4v) is 8.19. The molecule has 368 valence electrons. The predicted octanol–water partition coefficient (Wildman–Crippen LogP) is 12.8. The van der Waals surface area contributed by atoms with Crippen LogP contribution in [0.5, 0.6) is 11.5 Å².